The van der Waals surface area contributed by atoms with Crippen LogP contribution in [0.3, 0.4) is 0 Å². The number of halogens is 1. The van der Waals surface area contributed by atoms with Gasteiger partial charge in [0.15, 0.2) is 0 Å². The predicted octanol–water partition coefficient (Wildman–Crippen LogP) is 2.57. The predicted molar refractivity (Wildman–Crippen MR) is 107 cm³/mol. The molecule has 1 aromatic carbocycles. The summed E-state index contributed by atoms with van der Waals surface area (Å²) in [5.41, 5.74) is 1.67. The van der Waals surface area contributed by atoms with E-state index in [0.29, 0.717) is 18.8 Å². The van der Waals surface area contributed by atoms with Gasteiger partial charge in [-0.15, -0.1) is 0 Å². The first-order chi connectivity index (χ1) is 13.8. The Morgan fingerprint density at radius 1 is 1.24 bits per heavy atom. The Balaban J connectivity index is 1.37. The zero-order valence-corrected chi connectivity index (χ0v) is 16.8. The van der Waals surface area contributed by atoms with Gasteiger partial charge in [0.2, 0.25) is 5.91 Å². The maximum Gasteiger partial charge on any atom is 0.344 e. The largest absolute Gasteiger partial charge is 0.344 e. The van der Waals surface area contributed by atoms with Gasteiger partial charge in [0.1, 0.15) is 5.82 Å². The molecule has 154 valence electrons. The molecule has 0 N–H and O–H groups in total. The van der Waals surface area contributed by atoms with Gasteiger partial charge < -0.3 is 9.80 Å². The fourth-order valence-corrected chi connectivity index (χ4v) is 4.41. The lowest BCUT2D eigenvalue weighted by molar-refractivity contribution is -0.116. The Hall–Kier alpha value is -2.74. The Kier molecular flexibility index (Phi) is 5.12. The number of hydrogen-bond acceptors (Lipinski definition) is 4. The maximum absolute atomic E-state index is 13.4. The summed E-state index contributed by atoms with van der Waals surface area (Å²) in [5.74, 6) is -0.315. The first-order valence-electron chi connectivity index (χ1n) is 9.90. The van der Waals surface area contributed by atoms with Crippen LogP contribution in [0.15, 0.2) is 36.7 Å². The molecule has 29 heavy (non-hydrogen) atoms. The van der Waals surface area contributed by atoms with Crippen LogP contribution < -0.4 is 4.90 Å². The van der Waals surface area contributed by atoms with E-state index in [-0.39, 0.29) is 23.2 Å². The monoisotopic (exact) mass is 399 g/mol. The smallest absolute Gasteiger partial charge is 0.322 e. The zero-order chi connectivity index (χ0) is 20.6. The van der Waals surface area contributed by atoms with Crippen molar-refractivity contribution in [2.24, 2.45) is 5.41 Å². The van der Waals surface area contributed by atoms with Crippen LogP contribution >= 0.6 is 0 Å². The number of likely N-dealkylation sites (tertiary alicyclic amines) is 2. The summed E-state index contributed by atoms with van der Waals surface area (Å²) in [6.45, 7) is 5.46. The number of hydrogen-bond donors (Lipinski definition) is 0. The number of amides is 2. The standard InChI is InChI=1S/C21H26FN5O2/c1-16(28)24(2)19-11-23-27(13-19)20(29)26-9-7-21(15-26)6-8-25(14-21)12-17-4-3-5-18(22)10-17/h3-5,10-11,13H,6-9,12,14-15H2,1-2H3. The molecule has 2 fully saturated rings. The number of aromatic nitrogens is 2. The SMILES string of the molecule is CC(=O)N(C)c1cnn(C(=O)N2CCC3(CCN(Cc4cccc(F)c4)C3)C2)c1. The Labute approximate surface area is 169 Å². The van der Waals surface area contributed by atoms with Gasteiger partial charge in [-0.05, 0) is 37.1 Å². The van der Waals surface area contributed by atoms with Crippen molar-refractivity contribution in [1.29, 1.82) is 0 Å². The Morgan fingerprint density at radius 3 is 2.79 bits per heavy atom. The molecule has 1 atom stereocenters. The third kappa shape index (κ3) is 4.03. The number of rotatable bonds is 3. The number of carbonyl (C=O) groups excluding carboxylic acids is 2. The van der Waals surface area contributed by atoms with Crippen molar-refractivity contribution in [3.8, 4) is 0 Å². The zero-order valence-electron chi connectivity index (χ0n) is 16.8. The molecule has 2 amide bonds. The van der Waals surface area contributed by atoms with E-state index in [1.807, 2.05) is 11.0 Å². The fourth-order valence-electron chi connectivity index (χ4n) is 4.41. The highest BCUT2D eigenvalue weighted by Gasteiger charge is 2.45. The third-order valence-electron chi connectivity index (χ3n) is 6.15. The molecule has 0 bridgehead atoms. The molecular formula is C21H26FN5O2. The molecule has 8 heteroatoms. The van der Waals surface area contributed by atoms with Crippen LogP contribution in [0, 0.1) is 11.2 Å². The molecule has 1 unspecified atom stereocenters. The second-order valence-electron chi connectivity index (χ2n) is 8.27. The van der Waals surface area contributed by atoms with Crippen molar-refractivity contribution in [1.82, 2.24) is 19.6 Å². The normalized spacial score (nSPS) is 21.8. The molecule has 4 rings (SSSR count). The van der Waals surface area contributed by atoms with Crippen molar-refractivity contribution in [3.05, 3.63) is 48.0 Å². The lowest BCUT2D eigenvalue weighted by atomic mass is 9.86. The number of nitrogens with zero attached hydrogens (tertiary/aromatic N) is 5. The molecule has 1 spiro atoms. The number of carbonyl (C=O) groups is 2. The Morgan fingerprint density at radius 2 is 2.03 bits per heavy atom. The first-order valence-corrected chi connectivity index (χ1v) is 9.90. The van der Waals surface area contributed by atoms with Gasteiger partial charge in [0.25, 0.3) is 0 Å². The van der Waals surface area contributed by atoms with Crippen LogP contribution in [0.4, 0.5) is 14.9 Å². The van der Waals surface area contributed by atoms with Crippen molar-refractivity contribution in [2.75, 3.05) is 38.1 Å². The van der Waals surface area contributed by atoms with Gasteiger partial charge in [-0.3, -0.25) is 9.69 Å². The molecule has 2 aliphatic heterocycles. The van der Waals surface area contributed by atoms with E-state index in [4.69, 9.17) is 0 Å². The second kappa shape index (κ2) is 7.59. The van der Waals surface area contributed by atoms with Crippen LogP contribution in [0.25, 0.3) is 0 Å². The van der Waals surface area contributed by atoms with Crippen LogP contribution in [-0.4, -0.2) is 64.7 Å². The Bertz CT molecular complexity index is 929. The van der Waals surface area contributed by atoms with Crippen molar-refractivity contribution >= 4 is 17.6 Å². The molecule has 1 aromatic heterocycles. The van der Waals surface area contributed by atoms with E-state index in [0.717, 1.165) is 38.0 Å². The molecule has 7 nitrogen and oxygen atoms in total. The molecule has 2 aliphatic rings. The van der Waals surface area contributed by atoms with E-state index in [9.17, 15) is 14.0 Å². The summed E-state index contributed by atoms with van der Waals surface area (Å²) in [5, 5.41) is 4.14. The van der Waals surface area contributed by atoms with E-state index >= 15 is 0 Å². The molecule has 0 saturated carbocycles. The molecule has 2 saturated heterocycles. The van der Waals surface area contributed by atoms with Crippen LogP contribution in [0.1, 0.15) is 25.3 Å². The lowest BCUT2D eigenvalue weighted by Crippen LogP contribution is -2.36. The van der Waals surface area contributed by atoms with Gasteiger partial charge in [0.05, 0.1) is 18.1 Å². The molecule has 0 radical (unpaired) electrons. The highest BCUT2D eigenvalue weighted by Crippen LogP contribution is 2.40. The first kappa shape index (κ1) is 19.6. The maximum atomic E-state index is 13.4. The molecule has 0 aliphatic carbocycles. The topological polar surface area (TPSA) is 61.7 Å². The van der Waals surface area contributed by atoms with Gasteiger partial charge in [-0.2, -0.15) is 9.78 Å². The van der Waals surface area contributed by atoms with Crippen molar-refractivity contribution < 1.29 is 14.0 Å². The van der Waals surface area contributed by atoms with Gasteiger partial charge in [-0.25, -0.2) is 9.18 Å². The minimum Gasteiger partial charge on any atom is -0.322 e. The summed E-state index contributed by atoms with van der Waals surface area (Å²) in [6, 6.07) is 6.58. The lowest BCUT2D eigenvalue weighted by Gasteiger charge is -2.24. The van der Waals surface area contributed by atoms with Crippen LogP contribution in [0.5, 0.6) is 0 Å². The van der Waals surface area contributed by atoms with Crippen molar-refractivity contribution in [3.63, 3.8) is 0 Å². The second-order valence-corrected chi connectivity index (χ2v) is 8.27. The summed E-state index contributed by atoms with van der Waals surface area (Å²) in [4.78, 5) is 30.0. The number of anilines is 1. The third-order valence-corrected chi connectivity index (χ3v) is 6.15. The van der Waals surface area contributed by atoms with Crippen LogP contribution in [0.2, 0.25) is 0 Å². The quantitative estimate of drug-likeness (QED) is 0.796. The van der Waals surface area contributed by atoms with E-state index in [2.05, 4.69) is 10.00 Å². The van der Waals surface area contributed by atoms with E-state index in [1.54, 1.807) is 25.4 Å². The summed E-state index contributed by atoms with van der Waals surface area (Å²) < 4.78 is 14.8. The van der Waals surface area contributed by atoms with Crippen molar-refractivity contribution in [2.45, 2.75) is 26.3 Å². The molecule has 3 heterocycles. The van der Waals surface area contributed by atoms with Gasteiger partial charge in [0, 0.05) is 45.6 Å². The fraction of sp³-hybridized carbons (Fsp3) is 0.476. The number of benzene rings is 1. The highest BCUT2D eigenvalue weighted by molar-refractivity contribution is 5.91. The molecular weight excluding hydrogens is 373 g/mol. The average Bonchev–Trinajstić information content (AvgIpc) is 3.42. The van der Waals surface area contributed by atoms with Crippen LogP contribution in [-0.2, 0) is 11.3 Å². The average molecular weight is 399 g/mol. The summed E-state index contributed by atoms with van der Waals surface area (Å²) in [6.07, 6.45) is 5.12. The van der Waals surface area contributed by atoms with Gasteiger partial charge in [-0.1, -0.05) is 12.1 Å². The van der Waals surface area contributed by atoms with E-state index < -0.39 is 0 Å². The highest BCUT2D eigenvalue weighted by atomic mass is 19.1. The molecule has 2 aromatic rings. The minimum absolute atomic E-state index is 0.0924. The van der Waals surface area contributed by atoms with E-state index in [1.165, 1.54) is 28.8 Å². The summed E-state index contributed by atoms with van der Waals surface area (Å²) >= 11 is 0. The minimum atomic E-state index is -0.206. The van der Waals surface area contributed by atoms with Gasteiger partial charge >= 0.3 is 6.03 Å². The summed E-state index contributed by atoms with van der Waals surface area (Å²) in [7, 11) is 1.66.